The van der Waals surface area contributed by atoms with Crippen molar-refractivity contribution in [1.82, 2.24) is 0 Å². The van der Waals surface area contributed by atoms with Crippen LogP contribution < -0.4 is 9.47 Å². The van der Waals surface area contributed by atoms with E-state index in [4.69, 9.17) is 18.1 Å². The van der Waals surface area contributed by atoms with E-state index < -0.39 is 18.4 Å². The van der Waals surface area contributed by atoms with Crippen molar-refractivity contribution in [2.45, 2.75) is 71.2 Å². The van der Waals surface area contributed by atoms with Gasteiger partial charge in [-0.2, -0.15) is 8.42 Å². The van der Waals surface area contributed by atoms with Crippen LogP contribution >= 0.6 is 0 Å². The third kappa shape index (κ3) is 7.37. The molecule has 0 aromatic heterocycles. The summed E-state index contributed by atoms with van der Waals surface area (Å²) >= 11 is 0. The van der Waals surface area contributed by atoms with Gasteiger partial charge in [-0.05, 0) is 79.1 Å². The van der Waals surface area contributed by atoms with Crippen LogP contribution in [0.4, 0.5) is 0 Å². The highest BCUT2D eigenvalue weighted by Crippen LogP contribution is 2.45. The lowest BCUT2D eigenvalue weighted by Crippen LogP contribution is -2.44. The molecule has 0 aliphatic heterocycles. The highest BCUT2D eigenvalue weighted by atomic mass is 32.2. The van der Waals surface area contributed by atoms with E-state index in [1.807, 2.05) is 19.1 Å². The predicted octanol–water partition coefficient (Wildman–Crippen LogP) is 6.47. The van der Waals surface area contributed by atoms with Gasteiger partial charge in [0.1, 0.15) is 11.5 Å². The Morgan fingerprint density at radius 1 is 1.00 bits per heavy atom. The standard InChI is InChI=1S/C29H44O6SSi/c1-20-26(32-5)17-24(18-27(20)33-6)28(35-37(8,9)29(2,3)4)25(19-34-36(7,30)31)16-21-14-22-12-10-11-13-23(22)15-21/h10-13,17-18,21,25,28H,14-16,19H2,1-9H3/t25-,28+/m0/s1. The van der Waals surface area contributed by atoms with Crippen molar-refractivity contribution in [3.05, 3.63) is 58.7 Å². The van der Waals surface area contributed by atoms with E-state index in [1.54, 1.807) is 14.2 Å². The third-order valence-electron chi connectivity index (χ3n) is 8.03. The van der Waals surface area contributed by atoms with Gasteiger partial charge in [0.2, 0.25) is 0 Å². The Labute approximate surface area is 224 Å². The van der Waals surface area contributed by atoms with Gasteiger partial charge < -0.3 is 13.9 Å². The molecule has 0 saturated carbocycles. The highest BCUT2D eigenvalue weighted by molar-refractivity contribution is 7.85. The molecule has 0 heterocycles. The van der Waals surface area contributed by atoms with Crippen molar-refractivity contribution in [2.75, 3.05) is 27.1 Å². The quantitative estimate of drug-likeness (QED) is 0.237. The van der Waals surface area contributed by atoms with Gasteiger partial charge in [0.25, 0.3) is 10.1 Å². The monoisotopic (exact) mass is 548 g/mol. The maximum Gasteiger partial charge on any atom is 0.264 e. The molecule has 0 amide bonds. The molecular weight excluding hydrogens is 504 g/mol. The van der Waals surface area contributed by atoms with Gasteiger partial charge in [-0.15, -0.1) is 0 Å². The average Bonchev–Trinajstić information content (AvgIpc) is 3.22. The number of ether oxygens (including phenoxy) is 2. The lowest BCUT2D eigenvalue weighted by Gasteiger charge is -2.42. The molecule has 206 valence electrons. The number of benzene rings is 2. The fraction of sp³-hybridized carbons (Fsp3) is 0.586. The lowest BCUT2D eigenvalue weighted by molar-refractivity contribution is 0.0697. The summed E-state index contributed by atoms with van der Waals surface area (Å²) in [5.41, 5.74) is 4.57. The Hall–Kier alpha value is -1.87. The summed E-state index contributed by atoms with van der Waals surface area (Å²) in [5, 5.41) is -0.0318. The second-order valence-electron chi connectivity index (χ2n) is 11.9. The molecule has 0 saturated heterocycles. The van der Waals surface area contributed by atoms with Crippen LogP contribution in [0.3, 0.4) is 0 Å². The summed E-state index contributed by atoms with van der Waals surface area (Å²) in [6.45, 7) is 13.1. The van der Waals surface area contributed by atoms with Crippen LogP contribution in [-0.4, -0.2) is 43.8 Å². The van der Waals surface area contributed by atoms with Crippen LogP contribution in [0, 0.1) is 18.8 Å². The van der Waals surface area contributed by atoms with Gasteiger partial charge in [0.15, 0.2) is 8.32 Å². The molecule has 0 unspecified atom stereocenters. The minimum absolute atomic E-state index is 0.0318. The topological polar surface area (TPSA) is 71.1 Å². The van der Waals surface area contributed by atoms with Crippen LogP contribution in [0.1, 0.15) is 55.5 Å². The fourth-order valence-corrected chi connectivity index (χ4v) is 6.67. The minimum Gasteiger partial charge on any atom is -0.496 e. The van der Waals surface area contributed by atoms with E-state index in [0.29, 0.717) is 17.4 Å². The van der Waals surface area contributed by atoms with Crippen LogP contribution in [0.25, 0.3) is 0 Å². The van der Waals surface area contributed by atoms with Crippen molar-refractivity contribution in [3.63, 3.8) is 0 Å². The molecule has 0 bridgehead atoms. The number of methoxy groups -OCH3 is 2. The van der Waals surface area contributed by atoms with Crippen molar-refractivity contribution in [1.29, 1.82) is 0 Å². The van der Waals surface area contributed by atoms with Crippen LogP contribution in [0.2, 0.25) is 18.1 Å². The zero-order valence-electron chi connectivity index (χ0n) is 23.9. The summed E-state index contributed by atoms with van der Waals surface area (Å²) in [5.74, 6) is 1.63. The van der Waals surface area contributed by atoms with Crippen LogP contribution in [0.15, 0.2) is 36.4 Å². The summed E-state index contributed by atoms with van der Waals surface area (Å²) in [6, 6.07) is 12.6. The molecule has 2 aromatic rings. The Morgan fingerprint density at radius 2 is 1.51 bits per heavy atom. The fourth-order valence-electron chi connectivity index (χ4n) is 4.94. The first-order valence-corrected chi connectivity index (χ1v) is 17.7. The first-order valence-electron chi connectivity index (χ1n) is 13.0. The Balaban J connectivity index is 2.07. The Kier molecular flexibility index (Phi) is 9.21. The molecule has 8 heteroatoms. The maximum atomic E-state index is 12.1. The number of fused-ring (bicyclic) bond motifs is 1. The van der Waals surface area contributed by atoms with E-state index in [-0.39, 0.29) is 23.7 Å². The number of hydrogen-bond donors (Lipinski definition) is 0. The molecule has 0 spiro atoms. The SMILES string of the molecule is COc1cc([C@@H](O[Si](C)(C)C(C)(C)C)[C@H](COS(C)(=O)=O)CC2Cc3ccccc3C2)cc(OC)c1C. The molecule has 3 rings (SSSR count). The lowest BCUT2D eigenvalue weighted by atomic mass is 9.86. The van der Waals surface area contributed by atoms with Gasteiger partial charge in [-0.3, -0.25) is 4.18 Å². The maximum absolute atomic E-state index is 12.1. The summed E-state index contributed by atoms with van der Waals surface area (Å²) < 4.78 is 48.2. The normalized spacial score (nSPS) is 16.4. The van der Waals surface area contributed by atoms with E-state index in [1.165, 1.54) is 11.1 Å². The van der Waals surface area contributed by atoms with Gasteiger partial charge in [0.05, 0.1) is 33.2 Å². The van der Waals surface area contributed by atoms with E-state index in [0.717, 1.165) is 36.6 Å². The number of hydrogen-bond acceptors (Lipinski definition) is 6. The largest absolute Gasteiger partial charge is 0.496 e. The minimum atomic E-state index is -3.62. The second kappa shape index (κ2) is 11.5. The molecule has 0 fully saturated rings. The van der Waals surface area contributed by atoms with Crippen LogP contribution in [-0.2, 0) is 31.6 Å². The molecule has 1 aliphatic carbocycles. The molecule has 2 aromatic carbocycles. The third-order valence-corrected chi connectivity index (χ3v) is 13.0. The van der Waals surface area contributed by atoms with Gasteiger partial charge in [-0.25, -0.2) is 0 Å². The van der Waals surface area contributed by atoms with E-state index in [9.17, 15) is 8.42 Å². The smallest absolute Gasteiger partial charge is 0.264 e. The first kappa shape index (κ1) is 29.7. The average molecular weight is 549 g/mol. The molecule has 2 atom stereocenters. The van der Waals surface area contributed by atoms with Crippen molar-refractivity contribution < 1.29 is 26.5 Å². The summed E-state index contributed by atoms with van der Waals surface area (Å²) in [6.07, 6.45) is 3.45. The second-order valence-corrected chi connectivity index (χ2v) is 18.3. The van der Waals surface area contributed by atoms with Crippen molar-refractivity contribution in [2.24, 2.45) is 11.8 Å². The molecule has 0 N–H and O–H groups in total. The molecular formula is C29H44O6SSi. The number of rotatable bonds is 11. The zero-order chi connectivity index (χ0) is 27.6. The van der Waals surface area contributed by atoms with Crippen LogP contribution in [0.5, 0.6) is 11.5 Å². The van der Waals surface area contributed by atoms with E-state index >= 15 is 0 Å². The molecule has 37 heavy (non-hydrogen) atoms. The van der Waals surface area contributed by atoms with Gasteiger partial charge in [-0.1, -0.05) is 45.0 Å². The predicted molar refractivity (Wildman–Crippen MR) is 152 cm³/mol. The van der Waals surface area contributed by atoms with Crippen molar-refractivity contribution >= 4 is 18.4 Å². The highest BCUT2D eigenvalue weighted by Gasteiger charge is 2.42. The molecule has 0 radical (unpaired) electrons. The van der Waals surface area contributed by atoms with Gasteiger partial charge in [0, 0.05) is 11.5 Å². The van der Waals surface area contributed by atoms with Gasteiger partial charge >= 0.3 is 0 Å². The molecule has 6 nitrogen and oxygen atoms in total. The zero-order valence-corrected chi connectivity index (χ0v) is 25.7. The summed E-state index contributed by atoms with van der Waals surface area (Å²) in [7, 11) is -2.59. The first-order chi connectivity index (χ1) is 17.1. The van der Waals surface area contributed by atoms with E-state index in [2.05, 4.69) is 58.1 Å². The Morgan fingerprint density at radius 3 is 1.95 bits per heavy atom. The molecule has 1 aliphatic rings. The Bertz CT molecular complexity index is 1140. The van der Waals surface area contributed by atoms with Crippen molar-refractivity contribution in [3.8, 4) is 11.5 Å². The summed E-state index contributed by atoms with van der Waals surface area (Å²) in [4.78, 5) is 0.